The van der Waals surface area contributed by atoms with Gasteiger partial charge in [-0.2, -0.15) is 0 Å². The summed E-state index contributed by atoms with van der Waals surface area (Å²) in [5.41, 5.74) is 0.419. The van der Waals surface area contributed by atoms with Crippen LogP contribution in [0.1, 0.15) is 45.6 Å². The number of carboxylic acids is 1. The number of aliphatic hydroxyl groups excluding tert-OH is 1. The number of anilines is 1. The van der Waals surface area contributed by atoms with E-state index in [2.05, 4.69) is 22.8 Å². The molecule has 1 aromatic rings. The van der Waals surface area contributed by atoms with E-state index in [0.29, 0.717) is 17.0 Å². The van der Waals surface area contributed by atoms with Crippen LogP contribution in [0.2, 0.25) is 0 Å². The Balaban J connectivity index is 1.65. The topological polar surface area (TPSA) is 128 Å². The Morgan fingerprint density at radius 3 is 2.69 bits per heavy atom. The van der Waals surface area contributed by atoms with Gasteiger partial charge in [0.25, 0.3) is 0 Å². The molecule has 1 aromatic carbocycles. The molecule has 1 fully saturated rings. The van der Waals surface area contributed by atoms with Gasteiger partial charge >= 0.3 is 12.0 Å². The SMILES string of the molecule is CC(C)(C)OC(O)C1CSC([C@H]2CC=CCC2)N1C(=O)CNC(=O)Nc1cccc(CC(=O)O)c1. The Bertz CT molecular complexity index is 947. The van der Waals surface area contributed by atoms with Gasteiger partial charge in [0.05, 0.1) is 30.0 Å². The summed E-state index contributed by atoms with van der Waals surface area (Å²) < 4.78 is 5.77. The molecule has 0 saturated carbocycles. The van der Waals surface area contributed by atoms with Gasteiger partial charge in [0.15, 0.2) is 6.29 Å². The number of ether oxygens (including phenoxy) is 1. The minimum atomic E-state index is -1.14. The summed E-state index contributed by atoms with van der Waals surface area (Å²) >= 11 is 1.65. The molecule has 192 valence electrons. The summed E-state index contributed by atoms with van der Waals surface area (Å²) in [5.74, 6) is -0.426. The predicted molar refractivity (Wildman–Crippen MR) is 135 cm³/mol. The number of aliphatic hydroxyl groups is 1. The van der Waals surface area contributed by atoms with Crippen LogP contribution in [-0.4, -0.2) is 68.6 Å². The molecular formula is C25H35N3O6S. The van der Waals surface area contributed by atoms with E-state index < -0.39 is 29.9 Å². The normalized spacial score (nSPS) is 23.1. The third-order valence-corrected chi connectivity index (χ3v) is 7.30. The molecule has 1 heterocycles. The number of nitrogens with one attached hydrogen (secondary N) is 2. The standard InChI is InChI=1S/C25H35N3O6S/c1-25(2,3)34-23(32)19-15-35-22(17-9-5-4-6-10-17)28(19)20(29)14-26-24(33)27-18-11-7-8-16(12-18)13-21(30)31/h4-5,7-8,11-12,17,19,22-23,32H,6,9-10,13-15H2,1-3H3,(H,30,31)(H2,26,27,33)/t17-,19?,22?,23?/m0/s1. The molecule has 4 N–H and O–H groups in total. The summed E-state index contributed by atoms with van der Waals surface area (Å²) in [6.45, 7) is 5.32. The van der Waals surface area contributed by atoms with Crippen LogP contribution >= 0.6 is 11.8 Å². The molecule has 35 heavy (non-hydrogen) atoms. The van der Waals surface area contributed by atoms with Crippen LogP contribution in [0.15, 0.2) is 36.4 Å². The van der Waals surface area contributed by atoms with Crippen molar-refractivity contribution in [2.24, 2.45) is 5.92 Å². The number of carbonyl (C=O) groups excluding carboxylic acids is 2. The highest BCUT2D eigenvalue weighted by Gasteiger charge is 2.45. The van der Waals surface area contributed by atoms with Gasteiger partial charge in [0, 0.05) is 11.4 Å². The zero-order chi connectivity index (χ0) is 25.6. The minimum Gasteiger partial charge on any atom is -0.481 e. The lowest BCUT2D eigenvalue weighted by Gasteiger charge is -2.37. The smallest absolute Gasteiger partial charge is 0.319 e. The van der Waals surface area contributed by atoms with Gasteiger partial charge in [-0.05, 0) is 63.6 Å². The van der Waals surface area contributed by atoms with Gasteiger partial charge in [0.1, 0.15) is 0 Å². The number of carbonyl (C=O) groups is 3. The number of allylic oxidation sites excluding steroid dienone is 2. The van der Waals surface area contributed by atoms with Crippen molar-refractivity contribution in [3.8, 4) is 0 Å². The van der Waals surface area contributed by atoms with Crippen molar-refractivity contribution in [2.75, 3.05) is 17.6 Å². The zero-order valence-corrected chi connectivity index (χ0v) is 21.2. The van der Waals surface area contributed by atoms with Gasteiger partial charge in [-0.3, -0.25) is 9.59 Å². The molecule has 0 bridgehead atoms. The molecule has 2 aliphatic rings. The number of hydrogen-bond acceptors (Lipinski definition) is 6. The maximum atomic E-state index is 13.3. The second-order valence-corrected chi connectivity index (χ2v) is 11.0. The first-order chi connectivity index (χ1) is 16.5. The summed E-state index contributed by atoms with van der Waals surface area (Å²) in [4.78, 5) is 38.4. The monoisotopic (exact) mass is 505 g/mol. The fourth-order valence-corrected chi connectivity index (χ4v) is 6.00. The van der Waals surface area contributed by atoms with Crippen LogP contribution < -0.4 is 10.6 Å². The Hall–Kier alpha value is -2.56. The zero-order valence-electron chi connectivity index (χ0n) is 20.4. The van der Waals surface area contributed by atoms with E-state index >= 15 is 0 Å². The minimum absolute atomic E-state index is 0.103. The lowest BCUT2D eigenvalue weighted by molar-refractivity contribution is -0.195. The molecular weight excluding hydrogens is 470 g/mol. The van der Waals surface area contributed by atoms with Crippen molar-refractivity contribution < 1.29 is 29.3 Å². The second-order valence-electron chi connectivity index (χ2n) is 9.84. The average Bonchev–Trinajstić information content (AvgIpc) is 3.22. The Labute approximate surface area is 210 Å². The van der Waals surface area contributed by atoms with E-state index in [0.717, 1.165) is 19.3 Å². The molecule has 1 aliphatic heterocycles. The highest BCUT2D eigenvalue weighted by molar-refractivity contribution is 8.00. The molecule has 0 radical (unpaired) electrons. The lowest BCUT2D eigenvalue weighted by Crippen LogP contribution is -2.54. The van der Waals surface area contributed by atoms with Crippen LogP contribution in [-0.2, 0) is 20.7 Å². The third-order valence-electron chi connectivity index (χ3n) is 5.81. The van der Waals surface area contributed by atoms with E-state index in [1.807, 2.05) is 20.8 Å². The van der Waals surface area contributed by atoms with Crippen molar-refractivity contribution >= 4 is 35.4 Å². The molecule has 3 unspecified atom stereocenters. The summed E-state index contributed by atoms with van der Waals surface area (Å²) in [6.07, 6.45) is 5.77. The number of hydrogen-bond donors (Lipinski definition) is 4. The van der Waals surface area contributed by atoms with E-state index in [9.17, 15) is 19.5 Å². The molecule has 4 atom stereocenters. The first-order valence-corrected chi connectivity index (χ1v) is 12.9. The van der Waals surface area contributed by atoms with Crippen molar-refractivity contribution in [1.29, 1.82) is 0 Å². The maximum absolute atomic E-state index is 13.3. The Morgan fingerprint density at radius 1 is 1.26 bits per heavy atom. The van der Waals surface area contributed by atoms with E-state index in [1.54, 1.807) is 40.9 Å². The first kappa shape index (κ1) is 27.0. The van der Waals surface area contributed by atoms with E-state index in [-0.39, 0.29) is 30.2 Å². The number of carboxylic acid groups (broad SMARTS) is 1. The molecule has 0 spiro atoms. The largest absolute Gasteiger partial charge is 0.481 e. The van der Waals surface area contributed by atoms with Crippen LogP contribution in [0.3, 0.4) is 0 Å². The molecule has 3 rings (SSSR count). The molecule has 0 aromatic heterocycles. The highest BCUT2D eigenvalue weighted by atomic mass is 32.2. The van der Waals surface area contributed by atoms with Gasteiger partial charge in [-0.15, -0.1) is 11.8 Å². The highest BCUT2D eigenvalue weighted by Crippen LogP contribution is 2.40. The predicted octanol–water partition coefficient (Wildman–Crippen LogP) is 3.20. The number of thioether (sulfide) groups is 1. The number of amides is 3. The van der Waals surface area contributed by atoms with Crippen LogP contribution in [0.4, 0.5) is 10.5 Å². The summed E-state index contributed by atoms with van der Waals surface area (Å²) in [6, 6.07) is 5.46. The van der Waals surface area contributed by atoms with E-state index in [4.69, 9.17) is 9.84 Å². The van der Waals surface area contributed by atoms with Gasteiger partial charge < -0.3 is 30.5 Å². The second kappa shape index (κ2) is 11.9. The average molecular weight is 506 g/mol. The first-order valence-electron chi connectivity index (χ1n) is 11.8. The summed E-state index contributed by atoms with van der Waals surface area (Å²) in [5, 5.41) is 24.9. The Morgan fingerprint density at radius 2 is 2.03 bits per heavy atom. The molecule has 1 aliphatic carbocycles. The third kappa shape index (κ3) is 7.98. The van der Waals surface area contributed by atoms with Crippen molar-refractivity contribution in [2.45, 2.75) is 69.8 Å². The number of benzene rings is 1. The fourth-order valence-electron chi connectivity index (χ4n) is 4.33. The molecule has 10 heteroatoms. The number of nitrogens with zero attached hydrogens (tertiary/aromatic N) is 1. The van der Waals surface area contributed by atoms with E-state index in [1.165, 1.54) is 0 Å². The lowest BCUT2D eigenvalue weighted by atomic mass is 9.93. The number of aliphatic carboxylic acids is 1. The van der Waals surface area contributed by atoms with Gasteiger partial charge in [0.2, 0.25) is 5.91 Å². The quantitative estimate of drug-likeness (QED) is 0.315. The van der Waals surface area contributed by atoms with Gasteiger partial charge in [-0.25, -0.2) is 4.79 Å². The fraction of sp³-hybridized carbons (Fsp3) is 0.560. The van der Waals surface area contributed by atoms with Crippen LogP contribution in [0.5, 0.6) is 0 Å². The van der Waals surface area contributed by atoms with Crippen molar-refractivity contribution in [3.05, 3.63) is 42.0 Å². The summed E-state index contributed by atoms with van der Waals surface area (Å²) in [7, 11) is 0. The van der Waals surface area contributed by atoms with Crippen molar-refractivity contribution in [3.63, 3.8) is 0 Å². The number of urea groups is 1. The maximum Gasteiger partial charge on any atom is 0.319 e. The Kier molecular flexibility index (Phi) is 9.21. The number of rotatable bonds is 8. The molecule has 3 amide bonds. The van der Waals surface area contributed by atoms with Crippen LogP contribution in [0.25, 0.3) is 0 Å². The van der Waals surface area contributed by atoms with Gasteiger partial charge in [-0.1, -0.05) is 24.3 Å². The molecule has 1 saturated heterocycles. The molecule has 9 nitrogen and oxygen atoms in total. The van der Waals surface area contributed by atoms with Crippen molar-refractivity contribution in [1.82, 2.24) is 10.2 Å². The van der Waals surface area contributed by atoms with Crippen LogP contribution in [0, 0.1) is 5.92 Å².